The summed E-state index contributed by atoms with van der Waals surface area (Å²) in [5.74, 6) is -1.21. The number of anilines is 1. The molecular formula is C12H15F4N3. The molecule has 19 heavy (non-hydrogen) atoms. The predicted octanol–water partition coefficient (Wildman–Crippen LogP) is 2.92. The maximum Gasteiger partial charge on any atom is 0.417 e. The van der Waals surface area contributed by atoms with Gasteiger partial charge < -0.3 is 11.1 Å². The summed E-state index contributed by atoms with van der Waals surface area (Å²) in [4.78, 5) is 3.53. The van der Waals surface area contributed by atoms with Crippen molar-refractivity contribution >= 4 is 5.82 Å². The summed E-state index contributed by atoms with van der Waals surface area (Å²) in [6, 6.07) is 0.273. The second kappa shape index (κ2) is 4.63. The van der Waals surface area contributed by atoms with E-state index < -0.39 is 23.1 Å². The van der Waals surface area contributed by atoms with Crippen LogP contribution in [0, 0.1) is 5.82 Å². The van der Waals surface area contributed by atoms with E-state index in [2.05, 4.69) is 10.3 Å². The number of aromatic nitrogens is 1. The Kier molecular flexibility index (Phi) is 3.42. The zero-order valence-electron chi connectivity index (χ0n) is 10.4. The summed E-state index contributed by atoms with van der Waals surface area (Å²) in [5.41, 5.74) is 4.28. The predicted molar refractivity (Wildman–Crippen MR) is 63.1 cm³/mol. The lowest BCUT2D eigenvalue weighted by atomic mass is 9.96. The number of nitrogens with two attached hydrogens (primary N) is 1. The van der Waals surface area contributed by atoms with Gasteiger partial charge in [0.05, 0.1) is 11.1 Å². The highest BCUT2D eigenvalue weighted by molar-refractivity contribution is 5.42. The van der Waals surface area contributed by atoms with Crippen molar-refractivity contribution in [2.24, 2.45) is 5.73 Å². The number of hydrogen-bond acceptors (Lipinski definition) is 3. The molecule has 106 valence electrons. The third kappa shape index (κ3) is 2.80. The molecule has 0 unspecified atom stereocenters. The summed E-state index contributed by atoms with van der Waals surface area (Å²) in [6.07, 6.45) is -1.55. The molecule has 0 bridgehead atoms. The van der Waals surface area contributed by atoms with Gasteiger partial charge in [-0.25, -0.2) is 9.37 Å². The Balaban J connectivity index is 2.23. The zero-order chi connectivity index (χ0) is 14.3. The third-order valence-corrected chi connectivity index (χ3v) is 3.60. The van der Waals surface area contributed by atoms with Crippen LogP contribution < -0.4 is 11.1 Å². The summed E-state index contributed by atoms with van der Waals surface area (Å²) < 4.78 is 50.8. The van der Waals surface area contributed by atoms with E-state index in [1.165, 1.54) is 0 Å². The maximum atomic E-state index is 13.7. The lowest BCUT2D eigenvalue weighted by Gasteiger charge is -2.31. The van der Waals surface area contributed by atoms with Crippen molar-refractivity contribution in [2.45, 2.75) is 43.9 Å². The number of rotatable bonds is 2. The largest absolute Gasteiger partial charge is 0.417 e. The molecule has 2 atom stereocenters. The molecule has 0 radical (unpaired) electrons. The molecule has 1 saturated carbocycles. The van der Waals surface area contributed by atoms with Crippen LogP contribution in [0.25, 0.3) is 0 Å². The summed E-state index contributed by atoms with van der Waals surface area (Å²) in [7, 11) is 0. The topological polar surface area (TPSA) is 50.9 Å². The van der Waals surface area contributed by atoms with Crippen LogP contribution in [-0.2, 0) is 6.18 Å². The molecule has 1 aliphatic carbocycles. The Hall–Kier alpha value is -1.37. The maximum absolute atomic E-state index is 13.7. The van der Waals surface area contributed by atoms with Crippen LogP contribution in [0.3, 0.4) is 0 Å². The van der Waals surface area contributed by atoms with Crippen LogP contribution in [0.5, 0.6) is 0 Å². The summed E-state index contributed by atoms with van der Waals surface area (Å²) >= 11 is 0. The van der Waals surface area contributed by atoms with E-state index in [9.17, 15) is 17.6 Å². The molecule has 1 aliphatic rings. The smallest absolute Gasteiger partial charge is 0.361 e. The van der Waals surface area contributed by atoms with Crippen LogP contribution in [0.1, 0.15) is 31.7 Å². The van der Waals surface area contributed by atoms with Crippen molar-refractivity contribution in [3.8, 4) is 0 Å². The first-order chi connectivity index (χ1) is 8.72. The molecule has 3 nitrogen and oxygen atoms in total. The molecule has 0 saturated heterocycles. The van der Waals surface area contributed by atoms with Crippen LogP contribution in [0.2, 0.25) is 0 Å². The average Bonchev–Trinajstić information content (AvgIpc) is 2.61. The molecule has 0 spiro atoms. The molecule has 0 amide bonds. The lowest BCUT2D eigenvalue weighted by molar-refractivity contribution is -0.138. The van der Waals surface area contributed by atoms with E-state index >= 15 is 0 Å². The summed E-state index contributed by atoms with van der Waals surface area (Å²) in [5, 5.41) is 2.84. The SMILES string of the molecule is C[C@]1(Nc2ncc(C(F)(F)F)cc2F)CCC[C@@H]1N. The van der Waals surface area contributed by atoms with Crippen molar-refractivity contribution in [2.75, 3.05) is 5.32 Å². The van der Waals surface area contributed by atoms with E-state index in [1.807, 2.05) is 6.92 Å². The Labute approximate surface area is 108 Å². The highest BCUT2D eigenvalue weighted by Gasteiger charge is 2.38. The van der Waals surface area contributed by atoms with Gasteiger partial charge in [0.25, 0.3) is 0 Å². The number of pyridine rings is 1. The third-order valence-electron chi connectivity index (χ3n) is 3.60. The van der Waals surface area contributed by atoms with Gasteiger partial charge in [-0.1, -0.05) is 0 Å². The van der Waals surface area contributed by atoms with Crippen LogP contribution in [0.4, 0.5) is 23.4 Å². The lowest BCUT2D eigenvalue weighted by Crippen LogP contribution is -2.47. The van der Waals surface area contributed by atoms with Gasteiger partial charge in [0, 0.05) is 12.2 Å². The van der Waals surface area contributed by atoms with E-state index in [-0.39, 0.29) is 11.9 Å². The van der Waals surface area contributed by atoms with Gasteiger partial charge >= 0.3 is 6.18 Å². The minimum atomic E-state index is -4.60. The zero-order valence-corrected chi connectivity index (χ0v) is 10.4. The van der Waals surface area contributed by atoms with Crippen molar-refractivity contribution in [3.05, 3.63) is 23.6 Å². The first-order valence-corrected chi connectivity index (χ1v) is 5.99. The van der Waals surface area contributed by atoms with Gasteiger partial charge in [-0.05, 0) is 32.3 Å². The van der Waals surface area contributed by atoms with E-state index in [0.29, 0.717) is 12.3 Å². The second-order valence-corrected chi connectivity index (χ2v) is 5.09. The fraction of sp³-hybridized carbons (Fsp3) is 0.583. The Morgan fingerprint density at radius 3 is 2.63 bits per heavy atom. The van der Waals surface area contributed by atoms with E-state index in [1.54, 1.807) is 0 Å². The highest BCUT2D eigenvalue weighted by atomic mass is 19.4. The quantitative estimate of drug-likeness (QED) is 0.817. The van der Waals surface area contributed by atoms with Gasteiger partial charge in [0.2, 0.25) is 0 Å². The van der Waals surface area contributed by atoms with Gasteiger partial charge in [0.1, 0.15) is 0 Å². The van der Waals surface area contributed by atoms with Crippen LogP contribution >= 0.6 is 0 Å². The van der Waals surface area contributed by atoms with Gasteiger partial charge in [-0.2, -0.15) is 13.2 Å². The fourth-order valence-electron chi connectivity index (χ4n) is 2.30. The second-order valence-electron chi connectivity index (χ2n) is 5.09. The van der Waals surface area contributed by atoms with Crippen molar-refractivity contribution < 1.29 is 17.6 Å². The first-order valence-electron chi connectivity index (χ1n) is 5.99. The minimum absolute atomic E-state index is 0.170. The molecule has 0 aromatic carbocycles. The summed E-state index contributed by atoms with van der Waals surface area (Å²) in [6.45, 7) is 1.82. The monoisotopic (exact) mass is 277 g/mol. The molecule has 2 rings (SSSR count). The van der Waals surface area contributed by atoms with Crippen LogP contribution in [0.15, 0.2) is 12.3 Å². The molecule has 1 aromatic heterocycles. The fourth-order valence-corrected chi connectivity index (χ4v) is 2.30. The Morgan fingerprint density at radius 1 is 1.47 bits per heavy atom. The number of alkyl halides is 3. The highest BCUT2D eigenvalue weighted by Crippen LogP contribution is 2.34. The van der Waals surface area contributed by atoms with Crippen molar-refractivity contribution in [1.29, 1.82) is 0 Å². The Bertz CT molecular complexity index is 475. The normalized spacial score (nSPS) is 27.6. The average molecular weight is 277 g/mol. The standard InChI is InChI=1S/C12H15F4N3/c1-11(4-2-3-9(11)17)19-10-8(13)5-7(6-18-10)12(14,15)16/h5-6,9H,2-4,17H2,1H3,(H,18,19)/t9-,11-/m0/s1. The molecule has 1 aromatic rings. The first kappa shape index (κ1) is 14.0. The van der Waals surface area contributed by atoms with Gasteiger partial charge in [-0.15, -0.1) is 0 Å². The Morgan fingerprint density at radius 2 is 2.16 bits per heavy atom. The molecule has 1 heterocycles. The van der Waals surface area contributed by atoms with E-state index in [4.69, 9.17) is 5.73 Å². The molecular weight excluding hydrogens is 262 g/mol. The molecule has 7 heteroatoms. The number of nitrogens with one attached hydrogen (secondary N) is 1. The van der Waals surface area contributed by atoms with Crippen molar-refractivity contribution in [1.82, 2.24) is 4.98 Å². The molecule has 0 aliphatic heterocycles. The number of nitrogens with zero attached hydrogens (tertiary/aromatic N) is 1. The van der Waals surface area contributed by atoms with Gasteiger partial charge in [-0.3, -0.25) is 0 Å². The number of halogens is 4. The van der Waals surface area contributed by atoms with E-state index in [0.717, 1.165) is 19.3 Å². The minimum Gasteiger partial charge on any atom is -0.361 e. The van der Waals surface area contributed by atoms with Crippen molar-refractivity contribution in [3.63, 3.8) is 0 Å². The molecule has 3 N–H and O–H groups in total. The van der Waals surface area contributed by atoms with Crippen LogP contribution in [-0.4, -0.2) is 16.6 Å². The van der Waals surface area contributed by atoms with Gasteiger partial charge in [0.15, 0.2) is 11.6 Å². The number of hydrogen-bond donors (Lipinski definition) is 2. The molecule has 1 fully saturated rings.